The second kappa shape index (κ2) is 7.67. The largest absolute Gasteiger partial charge is 0.506 e. The van der Waals surface area contributed by atoms with E-state index in [4.69, 9.17) is 23.2 Å². The van der Waals surface area contributed by atoms with Crippen LogP contribution >= 0.6 is 34.5 Å². The van der Waals surface area contributed by atoms with Crippen molar-refractivity contribution in [2.75, 3.05) is 19.6 Å². The third kappa shape index (κ3) is 4.07. The predicted molar refractivity (Wildman–Crippen MR) is 97.6 cm³/mol. The van der Waals surface area contributed by atoms with Crippen LogP contribution in [-0.2, 0) is 0 Å². The summed E-state index contributed by atoms with van der Waals surface area (Å²) in [6.07, 6.45) is 4.24. The highest BCUT2D eigenvalue weighted by Crippen LogP contribution is 2.30. The summed E-state index contributed by atoms with van der Waals surface area (Å²) < 4.78 is 0. The monoisotopic (exact) mass is 369 g/mol. The summed E-state index contributed by atoms with van der Waals surface area (Å²) >= 11 is 13.7. The molecular weight excluding hydrogens is 351 g/mol. The number of halogens is 2. The van der Waals surface area contributed by atoms with Crippen molar-refractivity contribution in [1.82, 2.24) is 0 Å². The average molecular weight is 370 g/mol. The Balaban J connectivity index is 1.76. The van der Waals surface area contributed by atoms with Gasteiger partial charge in [0.25, 0.3) is 0 Å². The van der Waals surface area contributed by atoms with Crippen LogP contribution in [0.2, 0.25) is 10.0 Å². The summed E-state index contributed by atoms with van der Waals surface area (Å²) in [7, 11) is 0. The normalized spacial score (nSPS) is 17.1. The highest BCUT2D eigenvalue weighted by molar-refractivity contribution is 7.10. The fourth-order valence-electron chi connectivity index (χ4n) is 3.03. The van der Waals surface area contributed by atoms with Gasteiger partial charge in [0, 0.05) is 29.6 Å². The van der Waals surface area contributed by atoms with E-state index in [9.17, 15) is 5.11 Å². The summed E-state index contributed by atoms with van der Waals surface area (Å²) in [6, 6.07) is 7.86. The molecule has 0 saturated carbocycles. The molecule has 1 aliphatic heterocycles. The van der Waals surface area contributed by atoms with Crippen LogP contribution in [0.4, 0.5) is 0 Å². The van der Waals surface area contributed by atoms with E-state index in [1.807, 2.05) is 0 Å². The molecule has 0 bridgehead atoms. The summed E-state index contributed by atoms with van der Waals surface area (Å²) in [6.45, 7) is 3.10. The number of phenolic OH excluding ortho intramolecular Hbond substituents is 1. The Labute approximate surface area is 150 Å². The quantitative estimate of drug-likeness (QED) is 0.776. The van der Waals surface area contributed by atoms with Crippen molar-refractivity contribution in [2.45, 2.75) is 18.9 Å². The Hall–Kier alpha value is -1.07. The van der Waals surface area contributed by atoms with Crippen molar-refractivity contribution in [3.63, 3.8) is 0 Å². The van der Waals surface area contributed by atoms with Gasteiger partial charge in [0.2, 0.25) is 0 Å². The Morgan fingerprint density at radius 3 is 2.78 bits per heavy atom. The smallest absolute Gasteiger partial charge is 0.143 e. The molecule has 1 aromatic heterocycles. The number of benzene rings is 1. The molecule has 3 rings (SSSR count). The number of likely N-dealkylation sites (tertiary alicyclic amines) is 1. The Morgan fingerprint density at radius 2 is 2.09 bits per heavy atom. The van der Waals surface area contributed by atoms with Gasteiger partial charge in [-0.3, -0.25) is 4.99 Å². The molecule has 1 aromatic carbocycles. The summed E-state index contributed by atoms with van der Waals surface area (Å²) in [5.74, 6) is 0.0287. The topological polar surface area (TPSA) is 37.0 Å². The van der Waals surface area contributed by atoms with Gasteiger partial charge in [-0.1, -0.05) is 29.3 Å². The van der Waals surface area contributed by atoms with Crippen molar-refractivity contribution in [3.05, 3.63) is 50.1 Å². The van der Waals surface area contributed by atoms with E-state index in [1.54, 1.807) is 28.5 Å². The summed E-state index contributed by atoms with van der Waals surface area (Å²) in [5.41, 5.74) is 0.559. The van der Waals surface area contributed by atoms with Gasteiger partial charge in [-0.05, 0) is 23.6 Å². The van der Waals surface area contributed by atoms with Crippen LogP contribution in [0, 0.1) is 0 Å². The van der Waals surface area contributed by atoms with Crippen molar-refractivity contribution in [3.8, 4) is 5.75 Å². The van der Waals surface area contributed by atoms with Crippen LogP contribution in [0.25, 0.3) is 0 Å². The minimum atomic E-state index is 0.0287. The molecule has 2 heterocycles. The van der Waals surface area contributed by atoms with E-state index >= 15 is 0 Å². The van der Waals surface area contributed by atoms with Gasteiger partial charge in [-0.2, -0.15) is 0 Å². The molecule has 0 radical (unpaired) electrons. The lowest BCUT2D eigenvalue weighted by Gasteiger charge is -2.22. The lowest BCUT2D eigenvalue weighted by Crippen LogP contribution is -3.10. The minimum Gasteiger partial charge on any atom is -0.506 e. The maximum absolute atomic E-state index is 10.00. The number of phenols is 1. The first-order valence-electron chi connectivity index (χ1n) is 7.71. The standard InChI is InChI=1S/C17H18Cl2N2OS/c18-13-8-12(17(22)14(19)9-13)10-20-11-15(16-4-3-7-23-16)21-5-1-2-6-21/h3-4,7-10,15,22H,1-2,5-6,11H2/p+1/t15-/m0/s1. The first-order valence-corrected chi connectivity index (χ1v) is 9.34. The molecule has 3 nitrogen and oxygen atoms in total. The summed E-state index contributed by atoms with van der Waals surface area (Å²) in [4.78, 5) is 7.53. The molecule has 2 aromatic rings. The lowest BCUT2D eigenvalue weighted by atomic mass is 10.2. The molecule has 1 fully saturated rings. The van der Waals surface area contributed by atoms with Crippen molar-refractivity contribution in [2.24, 2.45) is 4.99 Å². The molecule has 122 valence electrons. The van der Waals surface area contributed by atoms with Crippen LogP contribution in [-0.4, -0.2) is 31.0 Å². The molecule has 6 heteroatoms. The number of rotatable bonds is 5. The maximum atomic E-state index is 10.00. The van der Waals surface area contributed by atoms with Crippen LogP contribution in [0.15, 0.2) is 34.6 Å². The number of aromatic hydroxyl groups is 1. The molecule has 23 heavy (non-hydrogen) atoms. The lowest BCUT2D eigenvalue weighted by molar-refractivity contribution is -0.917. The number of thiophene rings is 1. The van der Waals surface area contributed by atoms with E-state index in [1.165, 1.54) is 36.9 Å². The van der Waals surface area contributed by atoms with Crippen molar-refractivity contribution < 1.29 is 10.0 Å². The van der Waals surface area contributed by atoms with Crippen molar-refractivity contribution in [1.29, 1.82) is 0 Å². The minimum absolute atomic E-state index is 0.0287. The van der Waals surface area contributed by atoms with Crippen LogP contribution in [0.3, 0.4) is 0 Å². The van der Waals surface area contributed by atoms with E-state index in [2.05, 4.69) is 22.5 Å². The zero-order chi connectivity index (χ0) is 16.2. The van der Waals surface area contributed by atoms with Gasteiger partial charge >= 0.3 is 0 Å². The molecule has 1 aliphatic rings. The molecule has 2 N–H and O–H groups in total. The number of hydrogen-bond acceptors (Lipinski definition) is 3. The van der Waals surface area contributed by atoms with Gasteiger partial charge in [-0.15, -0.1) is 11.3 Å². The molecule has 1 atom stereocenters. The highest BCUT2D eigenvalue weighted by atomic mass is 35.5. The van der Waals surface area contributed by atoms with E-state index in [0.717, 1.165) is 0 Å². The average Bonchev–Trinajstić information content (AvgIpc) is 3.21. The van der Waals surface area contributed by atoms with Gasteiger partial charge < -0.3 is 10.0 Å². The van der Waals surface area contributed by atoms with Gasteiger partial charge in [0.05, 0.1) is 29.5 Å². The van der Waals surface area contributed by atoms with Crippen molar-refractivity contribution >= 4 is 40.8 Å². The number of quaternary nitrogens is 1. The third-order valence-corrected chi connectivity index (χ3v) is 5.69. The number of aliphatic imine (C=N–C) groups is 1. The Bertz CT molecular complexity index is 682. The zero-order valence-electron chi connectivity index (χ0n) is 12.6. The van der Waals surface area contributed by atoms with Gasteiger partial charge in [-0.25, -0.2) is 0 Å². The molecule has 0 aliphatic carbocycles. The van der Waals surface area contributed by atoms with Crippen LogP contribution < -0.4 is 4.90 Å². The van der Waals surface area contributed by atoms with Crippen LogP contribution in [0.1, 0.15) is 29.3 Å². The predicted octanol–water partition coefficient (Wildman–Crippen LogP) is 3.60. The third-order valence-electron chi connectivity index (χ3n) is 4.20. The fraction of sp³-hybridized carbons (Fsp3) is 0.353. The van der Waals surface area contributed by atoms with Crippen LogP contribution in [0.5, 0.6) is 5.75 Å². The first-order chi connectivity index (χ1) is 11.1. The van der Waals surface area contributed by atoms with E-state index < -0.39 is 0 Å². The maximum Gasteiger partial charge on any atom is 0.143 e. The molecule has 0 unspecified atom stereocenters. The SMILES string of the molecule is Oc1c(Cl)cc(Cl)cc1C=NC[C@@H](c1cccs1)[NH+]1CCCC1. The number of hydrogen-bond donors (Lipinski definition) is 2. The number of nitrogens with zero attached hydrogens (tertiary/aromatic N) is 1. The number of nitrogens with one attached hydrogen (secondary N) is 1. The second-order valence-corrected chi connectivity index (χ2v) is 7.58. The first kappa shape index (κ1) is 16.8. The zero-order valence-corrected chi connectivity index (χ0v) is 15.0. The van der Waals surface area contributed by atoms with E-state index in [-0.39, 0.29) is 10.8 Å². The molecule has 0 spiro atoms. The summed E-state index contributed by atoms with van der Waals surface area (Å²) in [5, 5.41) is 12.9. The van der Waals surface area contributed by atoms with Gasteiger partial charge in [0.1, 0.15) is 11.8 Å². The molecular formula is C17H19Cl2N2OS+. The fourth-order valence-corrected chi connectivity index (χ4v) is 4.41. The second-order valence-electron chi connectivity index (χ2n) is 5.75. The Kier molecular flexibility index (Phi) is 5.59. The van der Waals surface area contributed by atoms with E-state index in [0.29, 0.717) is 23.2 Å². The van der Waals surface area contributed by atoms with Gasteiger partial charge in [0.15, 0.2) is 0 Å². The highest BCUT2D eigenvalue weighted by Gasteiger charge is 2.27. The Morgan fingerprint density at radius 1 is 1.30 bits per heavy atom. The molecule has 0 amide bonds. The molecule has 1 saturated heterocycles.